The molecule has 1 saturated heterocycles. The van der Waals surface area contributed by atoms with Crippen molar-refractivity contribution in [1.82, 2.24) is 0 Å². The summed E-state index contributed by atoms with van der Waals surface area (Å²) in [5.74, 6) is 0. The van der Waals surface area contributed by atoms with E-state index in [-0.39, 0.29) is 12.2 Å². The minimum atomic E-state index is -3.67. The van der Waals surface area contributed by atoms with Gasteiger partial charge in [-0.15, -0.1) is 0 Å². The predicted octanol–water partition coefficient (Wildman–Crippen LogP) is 1.16. The van der Waals surface area contributed by atoms with E-state index in [2.05, 4.69) is 0 Å². The second-order valence-corrected chi connectivity index (χ2v) is 5.61. The number of amides is 1. The van der Waals surface area contributed by atoms with Crippen LogP contribution in [0.25, 0.3) is 0 Å². The van der Waals surface area contributed by atoms with Crippen molar-refractivity contribution in [3.63, 3.8) is 0 Å². The Balaban J connectivity index is 0.000000347. The second-order valence-electron chi connectivity index (χ2n) is 4.14. The summed E-state index contributed by atoms with van der Waals surface area (Å²) in [6, 6.07) is 9.48. The van der Waals surface area contributed by atoms with Crippen molar-refractivity contribution >= 4 is 21.9 Å². The van der Waals surface area contributed by atoms with Crippen LogP contribution >= 0.6 is 0 Å². The maximum atomic E-state index is 11.5. The molecule has 1 amide bonds. The molecule has 1 heterocycles. The highest BCUT2D eigenvalue weighted by Gasteiger charge is 2.31. The molecule has 2 rings (SSSR count). The number of cyclic esters (lactones) is 1. The van der Waals surface area contributed by atoms with E-state index in [1.807, 2.05) is 30.3 Å². The number of methoxy groups -OCH3 is 1. The monoisotopic (exact) mass is 303 g/mol. The van der Waals surface area contributed by atoms with Crippen LogP contribution in [-0.4, -0.2) is 51.7 Å². The first-order chi connectivity index (χ1) is 9.31. The van der Waals surface area contributed by atoms with E-state index in [0.29, 0.717) is 19.4 Å². The zero-order valence-corrected chi connectivity index (χ0v) is 12.0. The molecular formula is C12H17NO6S. The fourth-order valence-electron chi connectivity index (χ4n) is 1.61. The van der Waals surface area contributed by atoms with E-state index >= 15 is 0 Å². The Morgan fingerprint density at radius 1 is 1.40 bits per heavy atom. The van der Waals surface area contributed by atoms with Crippen LogP contribution < -0.4 is 4.90 Å². The van der Waals surface area contributed by atoms with Crippen LogP contribution in [0.2, 0.25) is 0 Å². The van der Waals surface area contributed by atoms with Gasteiger partial charge in [-0.25, -0.2) is 4.79 Å². The second kappa shape index (κ2) is 7.22. The summed E-state index contributed by atoms with van der Waals surface area (Å²) >= 11 is 0. The number of carbonyl (C=O) groups is 1. The van der Waals surface area contributed by atoms with Gasteiger partial charge >= 0.3 is 6.09 Å². The van der Waals surface area contributed by atoms with Gasteiger partial charge < -0.3 is 9.47 Å². The molecule has 1 atom stereocenters. The lowest BCUT2D eigenvalue weighted by Crippen LogP contribution is -2.25. The van der Waals surface area contributed by atoms with Gasteiger partial charge in [-0.2, -0.15) is 8.42 Å². The van der Waals surface area contributed by atoms with Crippen molar-refractivity contribution in [2.75, 3.05) is 31.4 Å². The largest absolute Gasteiger partial charge is 0.441 e. The van der Waals surface area contributed by atoms with E-state index in [0.717, 1.165) is 5.69 Å². The first-order valence-electron chi connectivity index (χ1n) is 5.76. The molecule has 1 N–H and O–H groups in total. The summed E-state index contributed by atoms with van der Waals surface area (Å²) in [6.07, 6.45) is 0.249. The molecule has 1 aromatic carbocycles. The lowest BCUT2D eigenvalue weighted by Gasteiger charge is -2.12. The van der Waals surface area contributed by atoms with Crippen LogP contribution in [-0.2, 0) is 19.6 Å². The van der Waals surface area contributed by atoms with E-state index in [9.17, 15) is 13.2 Å². The number of benzene rings is 1. The molecule has 0 radical (unpaired) electrons. The Morgan fingerprint density at radius 3 is 2.45 bits per heavy atom. The number of ether oxygens (including phenoxy) is 2. The van der Waals surface area contributed by atoms with Crippen molar-refractivity contribution in [1.29, 1.82) is 0 Å². The molecule has 1 aromatic rings. The smallest absolute Gasteiger partial charge is 0.414 e. The maximum absolute atomic E-state index is 11.5. The van der Waals surface area contributed by atoms with Gasteiger partial charge in [-0.3, -0.25) is 9.45 Å². The fourth-order valence-corrected chi connectivity index (χ4v) is 1.61. The highest BCUT2D eigenvalue weighted by molar-refractivity contribution is 7.85. The zero-order valence-electron chi connectivity index (χ0n) is 11.2. The van der Waals surface area contributed by atoms with Crippen LogP contribution in [0.4, 0.5) is 10.5 Å². The van der Waals surface area contributed by atoms with Crippen molar-refractivity contribution in [3.8, 4) is 0 Å². The Labute approximate surface area is 117 Å². The minimum absolute atomic E-state index is 0.164. The predicted molar refractivity (Wildman–Crippen MR) is 73.4 cm³/mol. The van der Waals surface area contributed by atoms with E-state index < -0.39 is 10.1 Å². The highest BCUT2D eigenvalue weighted by atomic mass is 32.2. The normalized spacial score (nSPS) is 18.2. The van der Waals surface area contributed by atoms with Gasteiger partial charge in [0.05, 0.1) is 19.4 Å². The number of rotatable bonds is 3. The van der Waals surface area contributed by atoms with Gasteiger partial charge in [0.25, 0.3) is 10.1 Å². The molecule has 112 valence electrons. The molecule has 1 fully saturated rings. The Bertz CT molecular complexity index is 522. The van der Waals surface area contributed by atoms with Gasteiger partial charge in [-0.05, 0) is 12.1 Å². The summed E-state index contributed by atoms with van der Waals surface area (Å²) in [7, 11) is -2.07. The van der Waals surface area contributed by atoms with Gasteiger partial charge in [-0.1, -0.05) is 18.2 Å². The standard InChI is InChI=1S/C11H13NO3.CH4O3S/c1-14-8-10-7-12(11(13)15-10)9-5-3-2-4-6-9;1-5(2,3)4/h2-6,10H,7-8H2,1H3;1H3,(H,2,3,4). The van der Waals surface area contributed by atoms with Crippen LogP contribution in [0.3, 0.4) is 0 Å². The topological polar surface area (TPSA) is 93.1 Å². The molecule has 8 heteroatoms. The molecule has 0 aliphatic carbocycles. The molecule has 0 spiro atoms. The van der Waals surface area contributed by atoms with Gasteiger partial charge in [0.1, 0.15) is 6.10 Å². The third kappa shape index (κ3) is 6.00. The summed E-state index contributed by atoms with van der Waals surface area (Å²) < 4.78 is 36.0. The number of para-hydroxylation sites is 1. The van der Waals surface area contributed by atoms with Crippen molar-refractivity contribution < 1.29 is 27.2 Å². The first kappa shape index (κ1) is 16.4. The Morgan fingerprint density at radius 2 is 1.95 bits per heavy atom. The fraction of sp³-hybridized carbons (Fsp3) is 0.417. The van der Waals surface area contributed by atoms with Crippen molar-refractivity contribution in [2.45, 2.75) is 6.10 Å². The molecule has 1 aliphatic heterocycles. The Hall–Kier alpha value is -1.64. The number of hydrogen-bond acceptors (Lipinski definition) is 5. The van der Waals surface area contributed by atoms with E-state index in [4.69, 9.17) is 14.0 Å². The lowest BCUT2D eigenvalue weighted by atomic mass is 10.3. The van der Waals surface area contributed by atoms with Crippen LogP contribution in [0.5, 0.6) is 0 Å². The number of hydrogen-bond donors (Lipinski definition) is 1. The summed E-state index contributed by atoms with van der Waals surface area (Å²) in [6.45, 7) is 0.992. The van der Waals surface area contributed by atoms with E-state index in [1.54, 1.807) is 12.0 Å². The molecular weight excluding hydrogens is 286 g/mol. The van der Waals surface area contributed by atoms with Crippen LogP contribution in [0, 0.1) is 0 Å². The zero-order chi connectivity index (χ0) is 15.2. The number of nitrogens with zero attached hydrogens (tertiary/aromatic N) is 1. The van der Waals surface area contributed by atoms with Crippen molar-refractivity contribution in [3.05, 3.63) is 30.3 Å². The average Bonchev–Trinajstić information content (AvgIpc) is 2.70. The SMILES string of the molecule is COCC1CN(c2ccccc2)C(=O)O1.CS(=O)(=O)O. The first-order valence-corrected chi connectivity index (χ1v) is 7.60. The molecule has 0 aromatic heterocycles. The molecule has 20 heavy (non-hydrogen) atoms. The van der Waals surface area contributed by atoms with Crippen molar-refractivity contribution in [2.24, 2.45) is 0 Å². The number of carbonyl (C=O) groups excluding carboxylic acids is 1. The average molecular weight is 303 g/mol. The molecule has 1 unspecified atom stereocenters. The van der Waals surface area contributed by atoms with Gasteiger partial charge in [0.15, 0.2) is 0 Å². The summed E-state index contributed by atoms with van der Waals surface area (Å²) in [5.41, 5.74) is 0.862. The quantitative estimate of drug-likeness (QED) is 0.842. The highest BCUT2D eigenvalue weighted by Crippen LogP contribution is 2.20. The minimum Gasteiger partial charge on any atom is -0.441 e. The maximum Gasteiger partial charge on any atom is 0.414 e. The molecule has 0 saturated carbocycles. The van der Waals surface area contributed by atoms with Crippen LogP contribution in [0.1, 0.15) is 0 Å². The third-order valence-corrected chi connectivity index (χ3v) is 2.29. The molecule has 7 nitrogen and oxygen atoms in total. The summed E-state index contributed by atoms with van der Waals surface area (Å²) in [5, 5.41) is 0. The summed E-state index contributed by atoms with van der Waals surface area (Å²) in [4.78, 5) is 13.1. The van der Waals surface area contributed by atoms with Gasteiger partial charge in [0, 0.05) is 12.8 Å². The number of anilines is 1. The van der Waals surface area contributed by atoms with Crippen LogP contribution in [0.15, 0.2) is 30.3 Å². The van der Waals surface area contributed by atoms with Gasteiger partial charge in [0.2, 0.25) is 0 Å². The Kier molecular flexibility index (Phi) is 5.93. The third-order valence-electron chi connectivity index (χ3n) is 2.29. The molecule has 0 bridgehead atoms. The molecule has 1 aliphatic rings. The van der Waals surface area contributed by atoms with E-state index in [1.165, 1.54) is 0 Å². The lowest BCUT2D eigenvalue weighted by molar-refractivity contribution is 0.0718.